The maximum atomic E-state index is 12.5. The van der Waals surface area contributed by atoms with Crippen molar-refractivity contribution >= 4 is 11.7 Å². The first-order chi connectivity index (χ1) is 11.6. The molecule has 0 aliphatic heterocycles. The SMILES string of the molecule is C[C@H](c1ccco1)N(C)C(=O)Nc1cccc(-c2nccn2C)c1. The second-order valence-corrected chi connectivity index (χ2v) is 5.68. The maximum Gasteiger partial charge on any atom is 0.322 e. The largest absolute Gasteiger partial charge is 0.467 e. The minimum atomic E-state index is -0.198. The normalized spacial score (nSPS) is 12.0. The van der Waals surface area contributed by atoms with Crippen molar-refractivity contribution in [3.63, 3.8) is 0 Å². The van der Waals surface area contributed by atoms with Gasteiger partial charge in [-0.2, -0.15) is 0 Å². The molecule has 2 amide bonds. The monoisotopic (exact) mass is 324 g/mol. The van der Waals surface area contributed by atoms with Gasteiger partial charge in [-0.05, 0) is 31.2 Å². The molecule has 6 nitrogen and oxygen atoms in total. The molecule has 0 bridgehead atoms. The molecule has 0 radical (unpaired) electrons. The van der Waals surface area contributed by atoms with Gasteiger partial charge >= 0.3 is 6.03 Å². The predicted octanol–water partition coefficient (Wildman–Crippen LogP) is 3.91. The Balaban J connectivity index is 1.74. The highest BCUT2D eigenvalue weighted by atomic mass is 16.3. The van der Waals surface area contributed by atoms with E-state index in [-0.39, 0.29) is 12.1 Å². The highest BCUT2D eigenvalue weighted by molar-refractivity contribution is 5.90. The van der Waals surface area contributed by atoms with Crippen LogP contribution in [0.25, 0.3) is 11.4 Å². The Morgan fingerprint density at radius 1 is 1.33 bits per heavy atom. The quantitative estimate of drug-likeness (QED) is 0.791. The van der Waals surface area contributed by atoms with Gasteiger partial charge in [-0.3, -0.25) is 0 Å². The van der Waals surface area contributed by atoms with Crippen LogP contribution in [0.15, 0.2) is 59.5 Å². The van der Waals surface area contributed by atoms with Gasteiger partial charge in [-0.15, -0.1) is 0 Å². The number of hydrogen-bond acceptors (Lipinski definition) is 3. The van der Waals surface area contributed by atoms with Crippen molar-refractivity contribution in [2.24, 2.45) is 7.05 Å². The van der Waals surface area contributed by atoms with Gasteiger partial charge in [0.1, 0.15) is 11.6 Å². The Morgan fingerprint density at radius 2 is 2.17 bits per heavy atom. The molecule has 1 atom stereocenters. The number of furan rings is 1. The second-order valence-electron chi connectivity index (χ2n) is 5.68. The van der Waals surface area contributed by atoms with E-state index in [0.29, 0.717) is 0 Å². The minimum Gasteiger partial charge on any atom is -0.467 e. The number of aryl methyl sites for hydroxylation is 1. The summed E-state index contributed by atoms with van der Waals surface area (Å²) in [6.45, 7) is 1.92. The van der Waals surface area contributed by atoms with Crippen LogP contribution in [0.4, 0.5) is 10.5 Å². The van der Waals surface area contributed by atoms with Gasteiger partial charge in [0.2, 0.25) is 0 Å². The maximum absolute atomic E-state index is 12.5. The summed E-state index contributed by atoms with van der Waals surface area (Å²) in [5.74, 6) is 1.60. The Morgan fingerprint density at radius 3 is 2.83 bits per heavy atom. The molecule has 124 valence electrons. The molecule has 1 N–H and O–H groups in total. The van der Waals surface area contributed by atoms with Crippen LogP contribution in [-0.2, 0) is 7.05 Å². The number of amides is 2. The van der Waals surface area contributed by atoms with Crippen molar-refractivity contribution in [3.05, 3.63) is 60.8 Å². The molecule has 1 aromatic carbocycles. The first kappa shape index (κ1) is 15.9. The minimum absolute atomic E-state index is 0.155. The van der Waals surface area contributed by atoms with Crippen molar-refractivity contribution in [3.8, 4) is 11.4 Å². The fourth-order valence-electron chi connectivity index (χ4n) is 2.49. The van der Waals surface area contributed by atoms with Crippen molar-refractivity contribution in [2.45, 2.75) is 13.0 Å². The summed E-state index contributed by atoms with van der Waals surface area (Å²) >= 11 is 0. The fourth-order valence-corrected chi connectivity index (χ4v) is 2.49. The zero-order valence-corrected chi connectivity index (χ0v) is 13.9. The Bertz CT molecular complexity index is 823. The summed E-state index contributed by atoms with van der Waals surface area (Å²) < 4.78 is 7.30. The number of imidazole rings is 1. The van der Waals surface area contributed by atoms with Crippen LogP contribution in [0, 0.1) is 0 Å². The summed E-state index contributed by atoms with van der Waals surface area (Å²) in [5.41, 5.74) is 1.67. The molecule has 0 spiro atoms. The van der Waals surface area contributed by atoms with Crippen LogP contribution in [0.1, 0.15) is 18.7 Å². The van der Waals surface area contributed by atoms with Crippen LogP contribution in [0.5, 0.6) is 0 Å². The van der Waals surface area contributed by atoms with Crippen LogP contribution in [0.2, 0.25) is 0 Å². The molecule has 0 fully saturated rings. The van der Waals surface area contributed by atoms with E-state index in [1.165, 1.54) is 0 Å². The summed E-state index contributed by atoms with van der Waals surface area (Å²) in [5, 5.41) is 2.91. The summed E-state index contributed by atoms with van der Waals surface area (Å²) in [6.07, 6.45) is 5.24. The van der Waals surface area contributed by atoms with Gasteiger partial charge in [0.25, 0.3) is 0 Å². The van der Waals surface area contributed by atoms with Crippen LogP contribution >= 0.6 is 0 Å². The van der Waals surface area contributed by atoms with Crippen molar-refractivity contribution in [1.29, 1.82) is 0 Å². The molecule has 2 aromatic heterocycles. The van der Waals surface area contributed by atoms with Crippen molar-refractivity contribution in [2.75, 3.05) is 12.4 Å². The summed E-state index contributed by atoms with van der Waals surface area (Å²) in [6, 6.07) is 10.9. The smallest absolute Gasteiger partial charge is 0.322 e. The standard InChI is InChI=1S/C18H20N4O2/c1-13(16-8-5-11-24-16)22(3)18(23)20-15-7-4-6-14(12-15)17-19-9-10-21(17)2/h4-13H,1-3H3,(H,20,23)/t13-/m1/s1. The molecule has 3 rings (SSSR count). The Kier molecular flexibility index (Phi) is 4.37. The lowest BCUT2D eigenvalue weighted by molar-refractivity contribution is 0.201. The molecule has 6 heteroatoms. The van der Waals surface area contributed by atoms with Gasteiger partial charge in [0.05, 0.1) is 12.3 Å². The number of carbonyl (C=O) groups is 1. The van der Waals surface area contributed by atoms with Crippen LogP contribution in [0.3, 0.4) is 0 Å². The van der Waals surface area contributed by atoms with Gasteiger partial charge < -0.3 is 19.2 Å². The van der Waals surface area contributed by atoms with Crippen molar-refractivity contribution < 1.29 is 9.21 Å². The number of urea groups is 1. The Hall–Kier alpha value is -3.02. The van der Waals surface area contributed by atoms with Gasteiger partial charge in [-0.25, -0.2) is 9.78 Å². The Labute approximate surface area is 140 Å². The number of rotatable bonds is 4. The number of nitrogens with zero attached hydrogens (tertiary/aromatic N) is 3. The molecular formula is C18H20N4O2. The molecule has 24 heavy (non-hydrogen) atoms. The molecular weight excluding hydrogens is 304 g/mol. The fraction of sp³-hybridized carbons (Fsp3) is 0.222. The van der Waals surface area contributed by atoms with E-state index in [2.05, 4.69) is 10.3 Å². The predicted molar refractivity (Wildman–Crippen MR) is 92.5 cm³/mol. The first-order valence-corrected chi connectivity index (χ1v) is 7.71. The third-order valence-corrected chi connectivity index (χ3v) is 4.05. The van der Waals surface area contributed by atoms with E-state index < -0.39 is 0 Å². The molecule has 2 heterocycles. The average Bonchev–Trinajstić information content (AvgIpc) is 3.25. The van der Waals surface area contributed by atoms with E-state index in [1.54, 1.807) is 24.4 Å². The van der Waals surface area contributed by atoms with Gasteiger partial charge in [-0.1, -0.05) is 12.1 Å². The van der Waals surface area contributed by atoms with E-state index >= 15 is 0 Å². The highest BCUT2D eigenvalue weighted by Crippen LogP contribution is 2.23. The highest BCUT2D eigenvalue weighted by Gasteiger charge is 2.19. The number of carbonyl (C=O) groups excluding carboxylic acids is 1. The van der Waals surface area contributed by atoms with Crippen LogP contribution in [-0.4, -0.2) is 27.5 Å². The zero-order valence-electron chi connectivity index (χ0n) is 13.9. The molecule has 0 unspecified atom stereocenters. The zero-order chi connectivity index (χ0) is 17.1. The topological polar surface area (TPSA) is 63.3 Å². The number of hydrogen-bond donors (Lipinski definition) is 1. The number of nitrogens with one attached hydrogen (secondary N) is 1. The van der Waals surface area contributed by atoms with Gasteiger partial charge in [0, 0.05) is 37.7 Å². The lowest BCUT2D eigenvalue weighted by Crippen LogP contribution is -2.33. The third kappa shape index (κ3) is 3.17. The summed E-state index contributed by atoms with van der Waals surface area (Å²) in [7, 11) is 3.68. The first-order valence-electron chi connectivity index (χ1n) is 7.71. The van der Waals surface area contributed by atoms with Gasteiger partial charge in [0.15, 0.2) is 0 Å². The van der Waals surface area contributed by atoms with Crippen molar-refractivity contribution in [1.82, 2.24) is 14.5 Å². The second kappa shape index (κ2) is 6.62. The molecule has 0 saturated heterocycles. The average molecular weight is 324 g/mol. The van der Waals surface area contributed by atoms with E-state index in [9.17, 15) is 4.79 Å². The number of anilines is 1. The molecule has 3 aromatic rings. The van der Waals surface area contributed by atoms with E-state index in [1.807, 2.05) is 61.1 Å². The lowest BCUT2D eigenvalue weighted by atomic mass is 10.2. The number of aromatic nitrogens is 2. The summed E-state index contributed by atoms with van der Waals surface area (Å²) in [4.78, 5) is 18.4. The van der Waals surface area contributed by atoms with Crippen LogP contribution < -0.4 is 5.32 Å². The molecule has 0 aliphatic rings. The molecule has 0 aliphatic carbocycles. The van der Waals surface area contributed by atoms with E-state index in [4.69, 9.17) is 4.42 Å². The third-order valence-electron chi connectivity index (χ3n) is 4.05. The lowest BCUT2D eigenvalue weighted by Gasteiger charge is -2.23. The molecule has 0 saturated carbocycles. The van der Waals surface area contributed by atoms with E-state index in [0.717, 1.165) is 22.8 Å². The number of benzene rings is 1.